The molecule has 3 rings (SSSR count). The molecular formula is C19H18ClN5O3. The van der Waals surface area contributed by atoms with Crippen LogP contribution in [0.3, 0.4) is 0 Å². The van der Waals surface area contributed by atoms with Crippen LogP contribution in [-0.4, -0.2) is 50.6 Å². The van der Waals surface area contributed by atoms with Gasteiger partial charge in [0.05, 0.1) is 0 Å². The van der Waals surface area contributed by atoms with Crippen molar-refractivity contribution in [1.29, 1.82) is 0 Å². The number of carbonyl (C=O) groups is 2. The van der Waals surface area contributed by atoms with Gasteiger partial charge >= 0.3 is 5.97 Å². The minimum Gasteiger partial charge on any atom is -0.454 e. The molecule has 8 nitrogen and oxygen atoms in total. The molecule has 0 unspecified atom stereocenters. The number of hydrogen-bond acceptors (Lipinski definition) is 6. The van der Waals surface area contributed by atoms with Crippen LogP contribution in [0.1, 0.15) is 5.56 Å². The van der Waals surface area contributed by atoms with Gasteiger partial charge in [0, 0.05) is 24.2 Å². The summed E-state index contributed by atoms with van der Waals surface area (Å²) in [4.78, 5) is 26.7. The van der Waals surface area contributed by atoms with Crippen LogP contribution < -0.4 is 0 Å². The smallest absolute Gasteiger partial charge is 0.330 e. The number of tetrazole rings is 1. The minimum atomic E-state index is -0.624. The van der Waals surface area contributed by atoms with E-state index in [2.05, 4.69) is 15.4 Å². The largest absolute Gasteiger partial charge is 0.454 e. The van der Waals surface area contributed by atoms with Gasteiger partial charge in [-0.1, -0.05) is 41.9 Å². The molecule has 1 amide bonds. The average Bonchev–Trinajstić information content (AvgIpc) is 3.15. The van der Waals surface area contributed by atoms with E-state index >= 15 is 0 Å². The summed E-state index contributed by atoms with van der Waals surface area (Å²) < 4.78 is 5.02. The fourth-order valence-electron chi connectivity index (χ4n) is 2.38. The second kappa shape index (κ2) is 9.09. The summed E-state index contributed by atoms with van der Waals surface area (Å²) in [5.41, 5.74) is 1.72. The van der Waals surface area contributed by atoms with Crippen molar-refractivity contribution in [3.05, 3.63) is 65.2 Å². The van der Waals surface area contributed by atoms with Gasteiger partial charge in [0.15, 0.2) is 13.2 Å². The minimum absolute atomic E-state index is 0.240. The summed E-state index contributed by atoms with van der Waals surface area (Å²) in [5.74, 6) is -0.560. The summed E-state index contributed by atoms with van der Waals surface area (Å²) in [6.07, 6.45) is 0. The first-order chi connectivity index (χ1) is 13.5. The number of halogens is 1. The van der Waals surface area contributed by atoms with Gasteiger partial charge in [-0.3, -0.25) is 4.79 Å². The van der Waals surface area contributed by atoms with E-state index in [9.17, 15) is 9.59 Å². The first-order valence-electron chi connectivity index (χ1n) is 8.48. The van der Waals surface area contributed by atoms with E-state index in [1.807, 2.05) is 30.3 Å². The number of likely N-dealkylation sites (N-methyl/N-ethyl adjacent to an activating group) is 1. The molecule has 28 heavy (non-hydrogen) atoms. The molecule has 2 aromatic carbocycles. The molecule has 0 fully saturated rings. The molecule has 9 heteroatoms. The summed E-state index contributed by atoms with van der Waals surface area (Å²) >= 11 is 5.85. The quantitative estimate of drug-likeness (QED) is 0.566. The fourth-order valence-corrected chi connectivity index (χ4v) is 2.51. The van der Waals surface area contributed by atoms with E-state index in [0.717, 1.165) is 15.9 Å². The zero-order chi connectivity index (χ0) is 19.9. The normalized spacial score (nSPS) is 10.5. The number of nitrogens with zero attached hydrogens (tertiary/aromatic N) is 5. The summed E-state index contributed by atoms with van der Waals surface area (Å²) in [6.45, 7) is -0.149. The molecular weight excluding hydrogens is 382 g/mol. The Labute approximate surface area is 166 Å². The number of benzene rings is 2. The van der Waals surface area contributed by atoms with E-state index in [1.54, 1.807) is 31.3 Å². The van der Waals surface area contributed by atoms with E-state index in [1.165, 1.54) is 4.90 Å². The Kier molecular flexibility index (Phi) is 6.33. The topological polar surface area (TPSA) is 90.2 Å². The fraction of sp³-hybridized carbons (Fsp3) is 0.211. The summed E-state index contributed by atoms with van der Waals surface area (Å²) in [6, 6.07) is 16.5. The van der Waals surface area contributed by atoms with Crippen molar-refractivity contribution in [2.45, 2.75) is 13.1 Å². The average molecular weight is 400 g/mol. The highest BCUT2D eigenvalue weighted by Crippen LogP contribution is 2.16. The molecule has 0 radical (unpaired) electrons. The Morgan fingerprint density at radius 2 is 1.82 bits per heavy atom. The van der Waals surface area contributed by atoms with Crippen molar-refractivity contribution in [3.8, 4) is 11.4 Å². The number of ether oxygens (including phenoxy) is 1. The summed E-state index contributed by atoms with van der Waals surface area (Å²) in [7, 11) is 1.65. The number of rotatable bonds is 7. The van der Waals surface area contributed by atoms with Crippen LogP contribution in [0, 0.1) is 0 Å². The van der Waals surface area contributed by atoms with Gasteiger partial charge in [0.25, 0.3) is 5.91 Å². The van der Waals surface area contributed by atoms with Gasteiger partial charge in [0.1, 0.15) is 0 Å². The first kappa shape index (κ1) is 19.5. The maximum absolute atomic E-state index is 12.1. The molecule has 0 atom stereocenters. The Morgan fingerprint density at radius 3 is 2.54 bits per heavy atom. The van der Waals surface area contributed by atoms with Gasteiger partial charge in [-0.15, -0.1) is 10.2 Å². The summed E-state index contributed by atoms with van der Waals surface area (Å²) in [5, 5.41) is 12.4. The third-order valence-corrected chi connectivity index (χ3v) is 4.12. The van der Waals surface area contributed by atoms with E-state index in [4.69, 9.17) is 16.3 Å². The van der Waals surface area contributed by atoms with Crippen LogP contribution in [0.15, 0.2) is 54.6 Å². The molecule has 1 heterocycles. The van der Waals surface area contributed by atoms with E-state index < -0.39 is 5.97 Å². The molecule has 144 valence electrons. The molecule has 1 aromatic heterocycles. The Morgan fingerprint density at radius 1 is 1.11 bits per heavy atom. The number of aromatic nitrogens is 4. The third-order valence-electron chi connectivity index (χ3n) is 3.87. The zero-order valence-corrected chi connectivity index (χ0v) is 15.9. The second-order valence-electron chi connectivity index (χ2n) is 6.05. The van der Waals surface area contributed by atoms with Crippen molar-refractivity contribution in [2.75, 3.05) is 13.7 Å². The molecule has 0 saturated heterocycles. The van der Waals surface area contributed by atoms with Crippen molar-refractivity contribution >= 4 is 23.5 Å². The van der Waals surface area contributed by atoms with Gasteiger partial charge in [-0.25, -0.2) is 4.79 Å². The number of carbonyl (C=O) groups excluding carboxylic acids is 2. The molecule has 0 saturated carbocycles. The Bertz CT molecular complexity index is 944. The highest BCUT2D eigenvalue weighted by molar-refractivity contribution is 6.30. The van der Waals surface area contributed by atoms with Crippen LogP contribution in [0.2, 0.25) is 5.02 Å². The van der Waals surface area contributed by atoms with Crippen LogP contribution in [-0.2, 0) is 27.4 Å². The van der Waals surface area contributed by atoms with Gasteiger partial charge < -0.3 is 9.64 Å². The highest BCUT2D eigenvalue weighted by Gasteiger charge is 2.14. The predicted octanol–water partition coefficient (Wildman–Crippen LogP) is 2.20. The van der Waals surface area contributed by atoms with E-state index in [0.29, 0.717) is 17.4 Å². The maximum Gasteiger partial charge on any atom is 0.330 e. The molecule has 0 aliphatic heterocycles. The van der Waals surface area contributed by atoms with Crippen molar-refractivity contribution in [3.63, 3.8) is 0 Å². The second-order valence-corrected chi connectivity index (χ2v) is 6.48. The standard InChI is InChI=1S/C19H18ClN5O3/c1-24(11-14-5-3-2-4-6-14)17(26)13-28-18(27)12-25-22-19(21-23-25)15-7-9-16(20)10-8-15/h2-10H,11-13H2,1H3. The van der Waals surface area contributed by atoms with Crippen LogP contribution in [0.25, 0.3) is 11.4 Å². The van der Waals surface area contributed by atoms with Crippen LogP contribution in [0.4, 0.5) is 0 Å². The predicted molar refractivity (Wildman–Crippen MR) is 102 cm³/mol. The molecule has 3 aromatic rings. The SMILES string of the molecule is CN(Cc1ccccc1)C(=O)COC(=O)Cn1nnc(-c2ccc(Cl)cc2)n1. The van der Waals surface area contributed by atoms with Crippen molar-refractivity contribution < 1.29 is 14.3 Å². The zero-order valence-electron chi connectivity index (χ0n) is 15.2. The van der Waals surface area contributed by atoms with Gasteiger partial charge in [-0.2, -0.15) is 4.80 Å². The number of hydrogen-bond donors (Lipinski definition) is 0. The van der Waals surface area contributed by atoms with Gasteiger partial charge in [0.2, 0.25) is 5.82 Å². The van der Waals surface area contributed by atoms with Crippen LogP contribution in [0.5, 0.6) is 0 Å². The lowest BCUT2D eigenvalue weighted by molar-refractivity contribution is -0.152. The molecule has 0 spiro atoms. The molecule has 0 bridgehead atoms. The molecule has 0 aliphatic rings. The third kappa shape index (κ3) is 5.37. The highest BCUT2D eigenvalue weighted by atomic mass is 35.5. The Hall–Kier alpha value is -3.26. The molecule has 0 N–H and O–H groups in total. The van der Waals surface area contributed by atoms with E-state index in [-0.39, 0.29) is 19.1 Å². The Balaban J connectivity index is 1.48. The molecule has 0 aliphatic carbocycles. The lowest BCUT2D eigenvalue weighted by Gasteiger charge is -2.17. The number of esters is 1. The maximum atomic E-state index is 12.1. The monoisotopic (exact) mass is 399 g/mol. The lowest BCUT2D eigenvalue weighted by atomic mass is 10.2. The van der Waals surface area contributed by atoms with Crippen molar-refractivity contribution in [1.82, 2.24) is 25.1 Å². The lowest BCUT2D eigenvalue weighted by Crippen LogP contribution is -2.31. The number of amides is 1. The van der Waals surface area contributed by atoms with Gasteiger partial charge in [-0.05, 0) is 35.0 Å². The van der Waals surface area contributed by atoms with Crippen LogP contribution >= 0.6 is 11.6 Å². The first-order valence-corrected chi connectivity index (χ1v) is 8.86. The van der Waals surface area contributed by atoms with Crippen molar-refractivity contribution in [2.24, 2.45) is 0 Å².